The zero-order valence-electron chi connectivity index (χ0n) is 37.2. The van der Waals surface area contributed by atoms with Gasteiger partial charge >= 0.3 is 24.3 Å². The van der Waals surface area contributed by atoms with Gasteiger partial charge in [-0.25, -0.2) is 9.59 Å². The summed E-state index contributed by atoms with van der Waals surface area (Å²) < 4.78 is 109. The van der Waals surface area contributed by atoms with Crippen LogP contribution in [0.15, 0.2) is 60.7 Å². The molecule has 0 amide bonds. The van der Waals surface area contributed by atoms with E-state index in [1.807, 2.05) is 13.8 Å². The fourth-order valence-electron chi connectivity index (χ4n) is 13.0. The molecule has 2 aromatic rings. The predicted molar refractivity (Wildman–Crippen MR) is 218 cm³/mol. The summed E-state index contributed by atoms with van der Waals surface area (Å²) >= 11 is 0. The maximum Gasteiger partial charge on any atom is 0.432 e. The number of aliphatic hydroxyl groups is 5. The number of ether oxygens (including phenoxy) is 4. The van der Waals surface area contributed by atoms with Crippen LogP contribution < -0.4 is 0 Å². The molecule has 11 nitrogen and oxygen atoms in total. The highest BCUT2D eigenvalue weighted by molar-refractivity contribution is 5.83. The van der Waals surface area contributed by atoms with Gasteiger partial charge in [0.05, 0.1) is 29.5 Å². The van der Waals surface area contributed by atoms with E-state index < -0.39 is 117 Å². The Kier molecular flexibility index (Phi) is 13.6. The molecule has 2 aromatic carbocycles. The first kappa shape index (κ1) is 50.1. The SMILES string of the molecule is CO[C@](C(=O)O[C@H]1CC[C@@]2(C)C(C(O)C[C@@]3(O)[C@@H]4[C@H](O)C[C@H]([C@H](C)CC[C@@H](OC(=O)[C@@](OC)(c5ccccc5)C(F)(F)F)C(C)(C)O)[C@@]4(C)CC[C@@H]32)[C@H]1O)(c1ccccc1)C(F)(F)F. The first-order valence-corrected chi connectivity index (χ1v) is 21.9. The lowest BCUT2D eigenvalue weighted by Gasteiger charge is -2.66. The van der Waals surface area contributed by atoms with Crippen LogP contribution in [0.1, 0.15) is 97.1 Å². The van der Waals surface area contributed by atoms with E-state index in [4.69, 9.17) is 18.9 Å². The number of fused-ring (bicyclic) bond motifs is 5. The zero-order chi connectivity index (χ0) is 47.6. The molecule has 4 saturated carbocycles. The molecule has 0 radical (unpaired) electrons. The number of methoxy groups -OCH3 is 2. The van der Waals surface area contributed by atoms with Crippen molar-refractivity contribution in [2.45, 2.75) is 151 Å². The van der Waals surface area contributed by atoms with Gasteiger partial charge in [0.15, 0.2) is 0 Å². The Morgan fingerprint density at radius 2 is 1.27 bits per heavy atom. The van der Waals surface area contributed by atoms with Crippen LogP contribution in [0.5, 0.6) is 0 Å². The van der Waals surface area contributed by atoms with E-state index in [1.165, 1.54) is 50.2 Å². The van der Waals surface area contributed by atoms with Crippen molar-refractivity contribution in [1.82, 2.24) is 0 Å². The molecular formula is C47H62F6O11. The number of halogens is 6. The summed E-state index contributed by atoms with van der Waals surface area (Å²) in [6.45, 7) is 8.29. The standard InChI is InChI=1S/C47H62F6O11/c1-26(18-19-34(40(2,3)59)64-39(58)45(62-7,47(51,52)53)28-16-12-9-13-17-28)29-24-30(54)37-41(29,4)23-21-33-42(5)22-20-32(36(56)35(42)31(55)25-43(33,37)60)63-38(57)44(61-6,46(48,49)50)27-14-10-8-11-15-27/h8-17,26,29-37,54-56,59-60H,18-25H2,1-7H3/t26-,29-,30-,31?,32+,33-,34-,35?,36+,37-,41-,42-,43+,44+,45+/m1/s1. The van der Waals surface area contributed by atoms with Gasteiger partial charge < -0.3 is 44.5 Å². The number of carbonyl (C=O) groups excluding carboxylic acids is 2. The van der Waals surface area contributed by atoms with Gasteiger partial charge in [0.2, 0.25) is 0 Å². The summed E-state index contributed by atoms with van der Waals surface area (Å²) in [7, 11) is 1.50. The summed E-state index contributed by atoms with van der Waals surface area (Å²) in [4.78, 5) is 27.2. The summed E-state index contributed by atoms with van der Waals surface area (Å²) in [6, 6.07) is 12.6. The molecule has 64 heavy (non-hydrogen) atoms. The third-order valence-electron chi connectivity index (χ3n) is 16.0. The second kappa shape index (κ2) is 17.4. The van der Waals surface area contributed by atoms with Crippen molar-refractivity contribution in [1.29, 1.82) is 0 Å². The van der Waals surface area contributed by atoms with Gasteiger partial charge in [0.25, 0.3) is 11.2 Å². The fourth-order valence-corrected chi connectivity index (χ4v) is 13.0. The highest BCUT2D eigenvalue weighted by Crippen LogP contribution is 2.70. The van der Waals surface area contributed by atoms with Crippen LogP contribution in [0.3, 0.4) is 0 Å². The van der Waals surface area contributed by atoms with Crippen molar-refractivity contribution in [2.75, 3.05) is 14.2 Å². The van der Waals surface area contributed by atoms with Crippen molar-refractivity contribution >= 4 is 11.9 Å². The smallest absolute Gasteiger partial charge is 0.432 e. The van der Waals surface area contributed by atoms with Crippen LogP contribution in [0.25, 0.3) is 0 Å². The van der Waals surface area contributed by atoms with Crippen molar-refractivity contribution in [2.24, 2.45) is 40.4 Å². The number of hydrogen-bond donors (Lipinski definition) is 5. The summed E-state index contributed by atoms with van der Waals surface area (Å²) in [5.74, 6) is -6.49. The molecule has 0 aromatic heterocycles. The second-order valence-electron chi connectivity index (χ2n) is 19.9. The summed E-state index contributed by atoms with van der Waals surface area (Å²) in [5, 5.41) is 59.6. The topological polar surface area (TPSA) is 172 Å². The predicted octanol–water partition coefficient (Wildman–Crippen LogP) is 6.89. The fraction of sp³-hybridized carbons (Fsp3) is 0.702. The molecule has 4 aliphatic carbocycles. The van der Waals surface area contributed by atoms with Gasteiger partial charge in [-0.05, 0) is 87.4 Å². The van der Waals surface area contributed by atoms with E-state index in [9.17, 15) is 61.5 Å². The van der Waals surface area contributed by atoms with Crippen LogP contribution in [-0.4, -0.2) is 106 Å². The van der Waals surface area contributed by atoms with E-state index >= 15 is 0 Å². The molecule has 0 bridgehead atoms. The minimum absolute atomic E-state index is 0.0645. The first-order chi connectivity index (χ1) is 29.6. The second-order valence-corrected chi connectivity index (χ2v) is 19.9. The van der Waals surface area contributed by atoms with E-state index in [1.54, 1.807) is 6.92 Å². The highest BCUT2D eigenvalue weighted by atomic mass is 19.4. The number of aliphatic hydroxyl groups excluding tert-OH is 3. The molecule has 0 saturated heterocycles. The van der Waals surface area contributed by atoms with Crippen molar-refractivity contribution < 1.29 is 80.4 Å². The number of carbonyl (C=O) groups is 2. The Labute approximate surface area is 369 Å². The lowest BCUT2D eigenvalue weighted by Crippen LogP contribution is -2.71. The van der Waals surface area contributed by atoms with Gasteiger partial charge in [0, 0.05) is 43.6 Å². The molecular weight excluding hydrogens is 854 g/mol. The van der Waals surface area contributed by atoms with E-state index in [-0.39, 0.29) is 50.4 Å². The van der Waals surface area contributed by atoms with Gasteiger partial charge in [-0.15, -0.1) is 0 Å². The summed E-state index contributed by atoms with van der Waals surface area (Å²) in [6.07, 6.45) is -16.4. The number of alkyl halides is 6. The molecule has 2 unspecified atom stereocenters. The number of rotatable bonds is 13. The van der Waals surface area contributed by atoms with Crippen LogP contribution in [0.4, 0.5) is 26.3 Å². The van der Waals surface area contributed by atoms with E-state index in [0.29, 0.717) is 12.8 Å². The lowest BCUT2D eigenvalue weighted by atomic mass is 9.41. The molecule has 358 valence electrons. The largest absolute Gasteiger partial charge is 0.457 e. The third-order valence-corrected chi connectivity index (χ3v) is 16.0. The van der Waals surface area contributed by atoms with Crippen molar-refractivity contribution in [3.8, 4) is 0 Å². The molecule has 0 aliphatic heterocycles. The Bertz CT molecular complexity index is 1960. The van der Waals surface area contributed by atoms with Crippen molar-refractivity contribution in [3.63, 3.8) is 0 Å². The number of esters is 2. The molecule has 4 aliphatic rings. The van der Waals surface area contributed by atoms with Gasteiger partial charge in [-0.2, -0.15) is 26.3 Å². The summed E-state index contributed by atoms with van der Waals surface area (Å²) in [5.41, 5.74) is -13.2. The molecule has 4 fully saturated rings. The van der Waals surface area contributed by atoms with Crippen LogP contribution in [-0.2, 0) is 39.7 Å². The Balaban J connectivity index is 1.19. The Morgan fingerprint density at radius 3 is 1.75 bits per heavy atom. The highest BCUT2D eigenvalue weighted by Gasteiger charge is 2.73. The monoisotopic (exact) mass is 916 g/mol. The normalized spacial score (nSPS) is 36.0. The van der Waals surface area contributed by atoms with Crippen molar-refractivity contribution in [3.05, 3.63) is 71.8 Å². The van der Waals surface area contributed by atoms with E-state index in [2.05, 4.69) is 0 Å². The Morgan fingerprint density at radius 1 is 0.766 bits per heavy atom. The zero-order valence-corrected chi connectivity index (χ0v) is 37.2. The third kappa shape index (κ3) is 7.95. The lowest BCUT2D eigenvalue weighted by molar-refractivity contribution is -0.294. The minimum atomic E-state index is -5.25. The van der Waals surface area contributed by atoms with Gasteiger partial charge in [0.1, 0.15) is 12.2 Å². The Hall–Kier alpha value is -3.32. The first-order valence-electron chi connectivity index (χ1n) is 21.9. The number of benzene rings is 2. The number of hydrogen-bond acceptors (Lipinski definition) is 11. The molecule has 6 rings (SSSR count). The van der Waals surface area contributed by atoms with Gasteiger partial charge in [-0.3, -0.25) is 0 Å². The average Bonchev–Trinajstić information content (AvgIpc) is 3.48. The molecule has 17 heteroatoms. The molecule has 5 N–H and O–H groups in total. The van der Waals surface area contributed by atoms with Gasteiger partial charge in [-0.1, -0.05) is 81.4 Å². The van der Waals surface area contributed by atoms with Crippen LogP contribution in [0, 0.1) is 40.4 Å². The maximum absolute atomic E-state index is 14.7. The molecule has 0 heterocycles. The van der Waals surface area contributed by atoms with E-state index in [0.717, 1.165) is 38.5 Å². The minimum Gasteiger partial charge on any atom is -0.457 e. The average molecular weight is 917 g/mol. The maximum atomic E-state index is 14.7. The quantitative estimate of drug-likeness (QED) is 0.105. The van der Waals surface area contributed by atoms with Crippen LogP contribution in [0.2, 0.25) is 0 Å². The molecule has 0 spiro atoms. The molecule has 15 atom stereocenters. The van der Waals surface area contributed by atoms with Crippen LogP contribution >= 0.6 is 0 Å².